The molecule has 0 saturated heterocycles. The van der Waals surface area contributed by atoms with E-state index in [0.29, 0.717) is 13.0 Å². The van der Waals surface area contributed by atoms with E-state index in [2.05, 4.69) is 0 Å². The van der Waals surface area contributed by atoms with Crippen LogP contribution in [-0.2, 0) is 9.53 Å². The number of carbonyl (C=O) groups excluding carboxylic acids is 1. The van der Waals surface area contributed by atoms with Crippen LogP contribution < -0.4 is 11.5 Å². The third kappa shape index (κ3) is 7.57. The van der Waals surface area contributed by atoms with Crippen LogP contribution in [0.25, 0.3) is 0 Å². The molecule has 0 fully saturated rings. The third-order valence-electron chi connectivity index (χ3n) is 1.65. The van der Waals surface area contributed by atoms with Crippen LogP contribution in [0.3, 0.4) is 0 Å². The van der Waals surface area contributed by atoms with Crippen LogP contribution in [0, 0.1) is 0 Å². The van der Waals surface area contributed by atoms with Gasteiger partial charge in [0.15, 0.2) is 11.7 Å². The normalized spacial score (nSPS) is 12.7. The first-order chi connectivity index (χ1) is 7.07. The fourth-order valence-electron chi connectivity index (χ4n) is 0.741. The lowest BCUT2D eigenvalue weighted by atomic mass is 10.3. The van der Waals surface area contributed by atoms with Crippen molar-refractivity contribution < 1.29 is 14.6 Å². The summed E-state index contributed by atoms with van der Waals surface area (Å²) in [6.45, 7) is 1.96. The number of allylic oxidation sites excluding steroid dienone is 3. The van der Waals surface area contributed by atoms with Gasteiger partial charge in [0.1, 0.15) is 0 Å². The van der Waals surface area contributed by atoms with E-state index in [1.165, 1.54) is 19.1 Å². The number of hydrogen-bond donors (Lipinski definition) is 3. The van der Waals surface area contributed by atoms with Crippen molar-refractivity contribution in [3.8, 4) is 0 Å². The Kier molecular flexibility index (Phi) is 7.09. The molecule has 0 aromatic heterocycles. The quantitative estimate of drug-likeness (QED) is 0.240. The minimum Gasteiger partial charge on any atom is -0.479 e. The predicted molar refractivity (Wildman–Crippen MR) is 57.5 cm³/mol. The van der Waals surface area contributed by atoms with Gasteiger partial charge in [0.05, 0.1) is 12.3 Å². The second-order valence-corrected chi connectivity index (χ2v) is 3.03. The number of nitrogens with two attached hydrogens (primary N) is 2. The van der Waals surface area contributed by atoms with Gasteiger partial charge in [0.2, 0.25) is 0 Å². The largest absolute Gasteiger partial charge is 0.479 e. The molecular formula is C10H18N2O3. The molecule has 0 atom stereocenters. The van der Waals surface area contributed by atoms with Crippen molar-refractivity contribution in [2.24, 2.45) is 11.5 Å². The number of carbonyl (C=O) groups is 1. The second-order valence-electron chi connectivity index (χ2n) is 3.03. The molecule has 5 nitrogen and oxygen atoms in total. The lowest BCUT2D eigenvalue weighted by Gasteiger charge is -2.03. The van der Waals surface area contributed by atoms with Crippen LogP contribution >= 0.6 is 0 Å². The average Bonchev–Trinajstić information content (AvgIpc) is 2.20. The predicted octanol–water partition coefficient (Wildman–Crippen LogP) is 0.00720. The molecule has 0 aliphatic carbocycles. The summed E-state index contributed by atoms with van der Waals surface area (Å²) in [7, 11) is 0. The molecule has 0 unspecified atom stereocenters. The zero-order chi connectivity index (χ0) is 11.7. The standard InChI is InChI=1S/C10H18N2O3/c1-8(14)9(11)4-5-10(12)15-7-3-2-6-13/h4-5,13H,2-3,6-7,11-12H2,1H3/b9-4-,10-5+. The summed E-state index contributed by atoms with van der Waals surface area (Å²) in [6, 6.07) is 0. The van der Waals surface area contributed by atoms with Crippen molar-refractivity contribution >= 4 is 5.78 Å². The highest BCUT2D eigenvalue weighted by atomic mass is 16.5. The van der Waals surface area contributed by atoms with Crippen LogP contribution in [0.4, 0.5) is 0 Å². The summed E-state index contributed by atoms with van der Waals surface area (Å²) in [5.41, 5.74) is 11.0. The fourth-order valence-corrected chi connectivity index (χ4v) is 0.741. The van der Waals surface area contributed by atoms with Gasteiger partial charge in [-0.05, 0) is 25.0 Å². The molecule has 0 aliphatic rings. The van der Waals surface area contributed by atoms with Gasteiger partial charge in [-0.3, -0.25) is 4.79 Å². The van der Waals surface area contributed by atoms with Crippen LogP contribution in [0.5, 0.6) is 0 Å². The van der Waals surface area contributed by atoms with Crippen LogP contribution in [0.1, 0.15) is 19.8 Å². The molecule has 0 radical (unpaired) electrons. The van der Waals surface area contributed by atoms with E-state index in [9.17, 15) is 4.79 Å². The molecule has 86 valence electrons. The van der Waals surface area contributed by atoms with Gasteiger partial charge in [-0.2, -0.15) is 0 Å². The Balaban J connectivity index is 3.88. The second kappa shape index (κ2) is 7.87. The molecule has 5 N–H and O–H groups in total. The maximum Gasteiger partial charge on any atom is 0.183 e. The number of rotatable bonds is 7. The van der Waals surface area contributed by atoms with E-state index in [-0.39, 0.29) is 24.0 Å². The molecule has 0 aromatic rings. The molecule has 0 bridgehead atoms. The first kappa shape index (κ1) is 13.5. The van der Waals surface area contributed by atoms with Crippen molar-refractivity contribution in [1.29, 1.82) is 0 Å². The zero-order valence-corrected chi connectivity index (χ0v) is 8.90. The monoisotopic (exact) mass is 214 g/mol. The average molecular weight is 214 g/mol. The Morgan fingerprint density at radius 3 is 2.53 bits per heavy atom. The van der Waals surface area contributed by atoms with Crippen molar-refractivity contribution in [1.82, 2.24) is 0 Å². The summed E-state index contributed by atoms with van der Waals surface area (Å²) >= 11 is 0. The molecule has 0 spiro atoms. The Morgan fingerprint density at radius 1 is 1.33 bits per heavy atom. The molecule has 0 aromatic carbocycles. The molecule has 0 saturated carbocycles. The van der Waals surface area contributed by atoms with Crippen molar-refractivity contribution in [2.75, 3.05) is 13.2 Å². The number of aliphatic hydroxyl groups is 1. The van der Waals surface area contributed by atoms with Gasteiger partial charge in [0.25, 0.3) is 0 Å². The lowest BCUT2D eigenvalue weighted by molar-refractivity contribution is -0.113. The smallest absolute Gasteiger partial charge is 0.183 e. The summed E-state index contributed by atoms with van der Waals surface area (Å²) in [4.78, 5) is 10.7. The first-order valence-electron chi connectivity index (χ1n) is 4.75. The number of Topliss-reactive ketones (excluding diaryl/α,β-unsaturated/α-hetero) is 1. The van der Waals surface area contributed by atoms with Gasteiger partial charge in [-0.25, -0.2) is 0 Å². The van der Waals surface area contributed by atoms with E-state index >= 15 is 0 Å². The van der Waals surface area contributed by atoms with Crippen LogP contribution in [-0.4, -0.2) is 24.1 Å². The summed E-state index contributed by atoms with van der Waals surface area (Å²) in [6.07, 6.45) is 4.26. The van der Waals surface area contributed by atoms with E-state index in [1.807, 2.05) is 0 Å². The number of hydrogen-bond acceptors (Lipinski definition) is 5. The number of unbranched alkanes of at least 4 members (excludes halogenated alkanes) is 1. The zero-order valence-electron chi connectivity index (χ0n) is 8.90. The molecule has 0 heterocycles. The molecule has 0 rings (SSSR count). The number of aliphatic hydroxyl groups excluding tert-OH is 1. The SMILES string of the molecule is CC(=O)/C(N)=C/C=C(\N)OCCCCO. The summed E-state index contributed by atoms with van der Waals surface area (Å²) in [5, 5.41) is 8.50. The molecular weight excluding hydrogens is 196 g/mol. The van der Waals surface area contributed by atoms with Crippen molar-refractivity contribution in [3.63, 3.8) is 0 Å². The minimum atomic E-state index is -0.209. The summed E-state index contributed by atoms with van der Waals surface area (Å²) in [5.74, 6) is -0.00327. The van der Waals surface area contributed by atoms with E-state index < -0.39 is 0 Å². The molecule has 5 heteroatoms. The van der Waals surface area contributed by atoms with Gasteiger partial charge < -0.3 is 21.3 Å². The van der Waals surface area contributed by atoms with Crippen molar-refractivity contribution in [2.45, 2.75) is 19.8 Å². The molecule has 0 aliphatic heterocycles. The van der Waals surface area contributed by atoms with Crippen molar-refractivity contribution in [3.05, 3.63) is 23.7 Å². The topological polar surface area (TPSA) is 98.6 Å². The number of ether oxygens (including phenoxy) is 1. The highest BCUT2D eigenvalue weighted by molar-refractivity contribution is 5.92. The highest BCUT2D eigenvalue weighted by Gasteiger charge is 1.95. The Labute approximate surface area is 89.4 Å². The first-order valence-corrected chi connectivity index (χ1v) is 4.75. The van der Waals surface area contributed by atoms with E-state index in [0.717, 1.165) is 6.42 Å². The van der Waals surface area contributed by atoms with Crippen LogP contribution in [0.2, 0.25) is 0 Å². The Bertz CT molecular complexity index is 259. The Morgan fingerprint density at radius 2 is 2.00 bits per heavy atom. The summed E-state index contributed by atoms with van der Waals surface area (Å²) < 4.78 is 5.09. The number of ketones is 1. The molecule has 0 amide bonds. The van der Waals surface area contributed by atoms with Gasteiger partial charge in [-0.15, -0.1) is 0 Å². The lowest BCUT2D eigenvalue weighted by Crippen LogP contribution is -2.08. The molecule has 15 heavy (non-hydrogen) atoms. The minimum absolute atomic E-state index is 0.136. The van der Waals surface area contributed by atoms with Crippen LogP contribution in [0.15, 0.2) is 23.7 Å². The van der Waals surface area contributed by atoms with E-state index in [4.69, 9.17) is 21.3 Å². The van der Waals surface area contributed by atoms with E-state index in [1.54, 1.807) is 0 Å². The van der Waals surface area contributed by atoms with Gasteiger partial charge in [-0.1, -0.05) is 0 Å². The third-order valence-corrected chi connectivity index (χ3v) is 1.65. The fraction of sp³-hybridized carbons (Fsp3) is 0.500. The Hall–Kier alpha value is -1.49. The maximum absolute atomic E-state index is 10.7. The van der Waals surface area contributed by atoms with Gasteiger partial charge in [0, 0.05) is 13.5 Å². The highest BCUT2D eigenvalue weighted by Crippen LogP contribution is 1.95. The van der Waals surface area contributed by atoms with Gasteiger partial charge >= 0.3 is 0 Å². The maximum atomic E-state index is 10.7.